The first-order valence-corrected chi connectivity index (χ1v) is 5.31. The van der Waals surface area contributed by atoms with E-state index in [4.69, 9.17) is 0 Å². The van der Waals surface area contributed by atoms with Crippen LogP contribution in [0.1, 0.15) is 27.0 Å². The molecule has 86 valence electrons. The van der Waals surface area contributed by atoms with Gasteiger partial charge in [-0.05, 0) is 31.0 Å². The maximum atomic E-state index is 13.5. The van der Waals surface area contributed by atoms with Crippen LogP contribution in [-0.4, -0.2) is 10.8 Å². The van der Waals surface area contributed by atoms with Gasteiger partial charge < -0.3 is 0 Å². The average Bonchev–Trinajstić information content (AvgIpc) is 2.32. The molecule has 0 saturated heterocycles. The lowest BCUT2D eigenvalue weighted by Crippen LogP contribution is -2.07. The average molecular weight is 229 g/mol. The Hall–Kier alpha value is -2.03. The van der Waals surface area contributed by atoms with Gasteiger partial charge in [0.2, 0.25) is 0 Å². The van der Waals surface area contributed by atoms with Crippen molar-refractivity contribution in [2.45, 2.75) is 13.8 Å². The largest absolute Gasteiger partial charge is 0.288 e. The van der Waals surface area contributed by atoms with Crippen molar-refractivity contribution in [1.29, 1.82) is 0 Å². The van der Waals surface area contributed by atoms with Crippen molar-refractivity contribution in [3.63, 3.8) is 0 Å². The second kappa shape index (κ2) is 4.45. The van der Waals surface area contributed by atoms with Crippen LogP contribution in [0.2, 0.25) is 0 Å². The van der Waals surface area contributed by atoms with E-state index >= 15 is 0 Å². The van der Waals surface area contributed by atoms with E-state index in [1.54, 1.807) is 12.1 Å². The van der Waals surface area contributed by atoms with E-state index in [2.05, 4.69) is 4.98 Å². The zero-order valence-electron chi connectivity index (χ0n) is 9.70. The summed E-state index contributed by atoms with van der Waals surface area (Å²) in [5.74, 6) is -0.885. The highest BCUT2D eigenvalue weighted by molar-refractivity contribution is 6.10. The smallest absolute Gasteiger partial charge is 0.196 e. The Bertz CT molecular complexity index is 578. The van der Waals surface area contributed by atoms with Crippen LogP contribution in [0.25, 0.3) is 0 Å². The number of halogens is 1. The summed E-state index contributed by atoms with van der Waals surface area (Å²) in [7, 11) is 0. The second-order valence-corrected chi connectivity index (χ2v) is 3.93. The van der Waals surface area contributed by atoms with Crippen LogP contribution in [0.4, 0.5) is 4.39 Å². The van der Waals surface area contributed by atoms with Gasteiger partial charge in [-0.1, -0.05) is 18.2 Å². The number of carbonyl (C=O) groups excluding carboxylic acids is 1. The Morgan fingerprint density at radius 3 is 2.65 bits per heavy atom. The fourth-order valence-corrected chi connectivity index (χ4v) is 1.70. The Labute approximate surface area is 99.1 Å². The molecule has 0 N–H and O–H groups in total. The van der Waals surface area contributed by atoms with Crippen molar-refractivity contribution in [3.8, 4) is 0 Å². The van der Waals surface area contributed by atoms with Gasteiger partial charge in [0.05, 0.1) is 11.8 Å². The first-order chi connectivity index (χ1) is 8.11. The van der Waals surface area contributed by atoms with E-state index in [-0.39, 0.29) is 11.3 Å². The van der Waals surface area contributed by atoms with E-state index in [0.29, 0.717) is 5.56 Å². The van der Waals surface area contributed by atoms with Crippen LogP contribution in [-0.2, 0) is 0 Å². The number of nitrogens with zero attached hydrogens (tertiary/aromatic N) is 1. The molecule has 17 heavy (non-hydrogen) atoms. The van der Waals surface area contributed by atoms with Crippen LogP contribution in [0.15, 0.2) is 36.7 Å². The van der Waals surface area contributed by atoms with Gasteiger partial charge in [0.1, 0.15) is 0 Å². The predicted molar refractivity (Wildman–Crippen MR) is 63.5 cm³/mol. The van der Waals surface area contributed by atoms with Crippen LogP contribution in [0.3, 0.4) is 0 Å². The SMILES string of the molecule is Cc1cccc(C(=O)c2ccncc2F)c1C. The van der Waals surface area contributed by atoms with Gasteiger partial charge in [0, 0.05) is 11.8 Å². The summed E-state index contributed by atoms with van der Waals surface area (Å²) in [6.07, 6.45) is 2.47. The Morgan fingerprint density at radius 2 is 1.94 bits per heavy atom. The molecule has 0 fully saturated rings. The van der Waals surface area contributed by atoms with Gasteiger partial charge in [-0.2, -0.15) is 0 Å². The van der Waals surface area contributed by atoms with Gasteiger partial charge >= 0.3 is 0 Å². The third-order valence-electron chi connectivity index (χ3n) is 2.87. The number of aromatic nitrogens is 1. The molecular formula is C14H12FNO. The molecule has 0 saturated carbocycles. The monoisotopic (exact) mass is 229 g/mol. The predicted octanol–water partition coefficient (Wildman–Crippen LogP) is 3.07. The molecule has 3 heteroatoms. The normalized spacial score (nSPS) is 10.3. The number of hydrogen-bond donors (Lipinski definition) is 0. The molecule has 1 aromatic carbocycles. The zero-order valence-corrected chi connectivity index (χ0v) is 9.70. The lowest BCUT2D eigenvalue weighted by Gasteiger charge is -2.07. The van der Waals surface area contributed by atoms with Gasteiger partial charge in [-0.25, -0.2) is 4.39 Å². The molecule has 2 rings (SSSR count). The van der Waals surface area contributed by atoms with E-state index in [1.807, 2.05) is 19.9 Å². The summed E-state index contributed by atoms with van der Waals surface area (Å²) in [5.41, 5.74) is 2.50. The van der Waals surface area contributed by atoms with Crippen molar-refractivity contribution in [1.82, 2.24) is 4.98 Å². The number of carbonyl (C=O) groups is 1. The number of hydrogen-bond acceptors (Lipinski definition) is 2. The fourth-order valence-electron chi connectivity index (χ4n) is 1.70. The minimum absolute atomic E-state index is 0.0636. The van der Waals surface area contributed by atoms with Gasteiger partial charge in [-0.15, -0.1) is 0 Å². The van der Waals surface area contributed by atoms with E-state index in [0.717, 1.165) is 17.3 Å². The maximum absolute atomic E-state index is 13.5. The summed E-state index contributed by atoms with van der Waals surface area (Å²) in [5, 5.41) is 0. The highest BCUT2D eigenvalue weighted by atomic mass is 19.1. The highest BCUT2D eigenvalue weighted by Crippen LogP contribution is 2.18. The van der Waals surface area contributed by atoms with Crippen molar-refractivity contribution in [3.05, 3.63) is 64.7 Å². The number of benzene rings is 1. The number of pyridine rings is 1. The van der Waals surface area contributed by atoms with Crippen molar-refractivity contribution in [2.75, 3.05) is 0 Å². The van der Waals surface area contributed by atoms with E-state index in [9.17, 15) is 9.18 Å². The topological polar surface area (TPSA) is 30.0 Å². The van der Waals surface area contributed by atoms with Crippen LogP contribution < -0.4 is 0 Å². The van der Waals surface area contributed by atoms with Crippen molar-refractivity contribution in [2.24, 2.45) is 0 Å². The summed E-state index contributed by atoms with van der Waals surface area (Å²) >= 11 is 0. The molecule has 0 aliphatic rings. The molecular weight excluding hydrogens is 217 g/mol. The van der Waals surface area contributed by atoms with Crippen LogP contribution >= 0.6 is 0 Å². The summed E-state index contributed by atoms with van der Waals surface area (Å²) in [4.78, 5) is 15.8. The quantitative estimate of drug-likeness (QED) is 0.741. The van der Waals surface area contributed by atoms with Crippen molar-refractivity contribution >= 4 is 5.78 Å². The maximum Gasteiger partial charge on any atom is 0.196 e. The van der Waals surface area contributed by atoms with Gasteiger partial charge in [0.15, 0.2) is 11.6 Å². The standard InChI is InChI=1S/C14H12FNO/c1-9-4-3-5-11(10(9)2)14(17)12-6-7-16-8-13(12)15/h3-8H,1-2H3. The molecule has 0 aliphatic heterocycles. The molecule has 1 aromatic heterocycles. The van der Waals surface area contributed by atoms with Gasteiger partial charge in [-0.3, -0.25) is 9.78 Å². The molecule has 0 spiro atoms. The molecule has 0 aliphatic carbocycles. The molecule has 0 unspecified atom stereocenters. The molecule has 0 amide bonds. The lowest BCUT2D eigenvalue weighted by atomic mass is 9.96. The zero-order chi connectivity index (χ0) is 12.4. The van der Waals surface area contributed by atoms with Crippen LogP contribution in [0, 0.1) is 19.7 Å². The van der Waals surface area contributed by atoms with E-state index < -0.39 is 5.82 Å². The second-order valence-electron chi connectivity index (χ2n) is 3.93. The molecule has 0 atom stereocenters. The minimum atomic E-state index is -0.585. The van der Waals surface area contributed by atoms with Crippen molar-refractivity contribution < 1.29 is 9.18 Å². The van der Waals surface area contributed by atoms with Crippen LogP contribution in [0.5, 0.6) is 0 Å². The number of rotatable bonds is 2. The molecule has 2 nitrogen and oxygen atoms in total. The van der Waals surface area contributed by atoms with Gasteiger partial charge in [0.25, 0.3) is 0 Å². The number of ketones is 1. The Morgan fingerprint density at radius 1 is 1.18 bits per heavy atom. The van der Waals surface area contributed by atoms with E-state index in [1.165, 1.54) is 12.3 Å². The Kier molecular flexibility index (Phi) is 3.00. The highest BCUT2D eigenvalue weighted by Gasteiger charge is 2.16. The first-order valence-electron chi connectivity index (χ1n) is 5.31. The lowest BCUT2D eigenvalue weighted by molar-refractivity contribution is 0.103. The fraction of sp³-hybridized carbons (Fsp3) is 0.143. The third-order valence-corrected chi connectivity index (χ3v) is 2.87. The summed E-state index contributed by atoms with van der Waals surface area (Å²) in [6, 6.07) is 6.84. The summed E-state index contributed by atoms with van der Waals surface area (Å²) < 4.78 is 13.5. The molecule has 1 heterocycles. The first kappa shape index (κ1) is 11.5. The Balaban J connectivity index is 2.52. The molecule has 0 bridgehead atoms. The number of aryl methyl sites for hydroxylation is 1. The molecule has 2 aromatic rings. The summed E-state index contributed by atoms with van der Waals surface area (Å²) in [6.45, 7) is 3.79. The third kappa shape index (κ3) is 2.09. The minimum Gasteiger partial charge on any atom is -0.288 e. The molecule has 0 radical (unpaired) electrons.